The Labute approximate surface area is 78.0 Å². The Morgan fingerprint density at radius 1 is 1.46 bits per heavy atom. The van der Waals surface area contributed by atoms with E-state index in [1.807, 2.05) is 20.8 Å². The predicted molar refractivity (Wildman–Crippen MR) is 52.7 cm³/mol. The van der Waals surface area contributed by atoms with Crippen molar-refractivity contribution in [3.8, 4) is 0 Å². The van der Waals surface area contributed by atoms with E-state index < -0.39 is 0 Å². The van der Waals surface area contributed by atoms with E-state index in [-0.39, 0.29) is 11.2 Å². The van der Waals surface area contributed by atoms with Crippen molar-refractivity contribution in [3.05, 3.63) is 22.9 Å². The molecule has 0 bridgehead atoms. The molecule has 0 amide bonds. The lowest BCUT2D eigenvalue weighted by Crippen LogP contribution is -2.41. The highest BCUT2D eigenvalue weighted by molar-refractivity contribution is 4.90. The summed E-state index contributed by atoms with van der Waals surface area (Å²) in [6.07, 6.45) is 3.58. The third-order valence-electron chi connectivity index (χ3n) is 2.34. The first-order valence-corrected chi connectivity index (χ1v) is 4.51. The first-order valence-electron chi connectivity index (χ1n) is 4.51. The number of aromatic nitrogens is 2. The lowest BCUT2D eigenvalue weighted by atomic mass is 10.1. The Morgan fingerprint density at radius 3 is 2.46 bits per heavy atom. The van der Waals surface area contributed by atoms with Crippen LogP contribution >= 0.6 is 0 Å². The van der Waals surface area contributed by atoms with Gasteiger partial charge in [0, 0.05) is 25.5 Å². The summed E-state index contributed by atoms with van der Waals surface area (Å²) in [5.41, 5.74) is 5.31. The largest absolute Gasteiger partial charge is 0.328 e. The first kappa shape index (κ1) is 10.1. The van der Waals surface area contributed by atoms with Gasteiger partial charge in [-0.15, -0.1) is 0 Å². The normalized spacial score (nSPS) is 12.0. The highest BCUT2D eigenvalue weighted by Crippen LogP contribution is 2.09. The molecule has 0 aliphatic heterocycles. The lowest BCUT2D eigenvalue weighted by molar-refractivity contribution is 0.352. The Hall–Kier alpha value is -1.03. The summed E-state index contributed by atoms with van der Waals surface area (Å²) in [6, 6.07) is 0. The molecule has 1 aromatic heterocycles. The number of rotatable bonds is 3. The van der Waals surface area contributed by atoms with Gasteiger partial charge in [0.2, 0.25) is 0 Å². The molecule has 1 aromatic rings. The van der Waals surface area contributed by atoms with Gasteiger partial charge in [-0.25, -0.2) is 4.79 Å². The molecule has 1 rings (SSSR count). The Kier molecular flexibility index (Phi) is 2.61. The fourth-order valence-corrected chi connectivity index (χ4v) is 1.21. The molecule has 0 aliphatic rings. The van der Waals surface area contributed by atoms with Crippen molar-refractivity contribution >= 4 is 0 Å². The van der Waals surface area contributed by atoms with E-state index in [4.69, 9.17) is 5.73 Å². The highest BCUT2D eigenvalue weighted by atomic mass is 16.1. The van der Waals surface area contributed by atoms with Crippen molar-refractivity contribution in [2.45, 2.75) is 32.9 Å². The molecule has 0 fully saturated rings. The average Bonchev–Trinajstić information content (AvgIpc) is 2.47. The van der Waals surface area contributed by atoms with Gasteiger partial charge in [-0.2, -0.15) is 0 Å². The van der Waals surface area contributed by atoms with E-state index in [0.717, 1.165) is 0 Å². The van der Waals surface area contributed by atoms with Gasteiger partial charge in [0.15, 0.2) is 0 Å². The zero-order valence-corrected chi connectivity index (χ0v) is 8.45. The number of imidazole rings is 1. The minimum atomic E-state index is -0.294. The van der Waals surface area contributed by atoms with Gasteiger partial charge in [-0.3, -0.25) is 9.13 Å². The second-order valence-corrected chi connectivity index (χ2v) is 3.75. The van der Waals surface area contributed by atoms with Gasteiger partial charge in [-0.1, -0.05) is 0 Å². The van der Waals surface area contributed by atoms with Crippen LogP contribution in [0.25, 0.3) is 0 Å². The summed E-state index contributed by atoms with van der Waals surface area (Å²) >= 11 is 0. The molecule has 0 radical (unpaired) electrons. The van der Waals surface area contributed by atoms with Crippen molar-refractivity contribution in [1.82, 2.24) is 9.13 Å². The van der Waals surface area contributed by atoms with Crippen LogP contribution in [0, 0.1) is 0 Å². The number of nitrogens with two attached hydrogens (primary N) is 1. The van der Waals surface area contributed by atoms with Crippen LogP contribution in [0.15, 0.2) is 17.2 Å². The Morgan fingerprint density at radius 2 is 2.08 bits per heavy atom. The number of hydrogen-bond acceptors (Lipinski definition) is 2. The van der Waals surface area contributed by atoms with Gasteiger partial charge >= 0.3 is 5.69 Å². The summed E-state index contributed by atoms with van der Waals surface area (Å²) in [5, 5.41) is 0. The highest BCUT2D eigenvalue weighted by Gasteiger charge is 2.20. The predicted octanol–water partition coefficient (Wildman–Crippen LogP) is 0.364. The Bertz CT molecular complexity index is 335. The van der Waals surface area contributed by atoms with Gasteiger partial charge in [0.1, 0.15) is 0 Å². The second-order valence-electron chi connectivity index (χ2n) is 3.75. The quantitative estimate of drug-likeness (QED) is 0.735. The smallest absolute Gasteiger partial charge is 0.328 e. The van der Waals surface area contributed by atoms with Crippen LogP contribution in [0.4, 0.5) is 0 Å². The van der Waals surface area contributed by atoms with Crippen LogP contribution in [-0.2, 0) is 12.1 Å². The topological polar surface area (TPSA) is 52.9 Å². The summed E-state index contributed by atoms with van der Waals surface area (Å²) in [5.74, 6) is 0. The maximum atomic E-state index is 11.7. The second kappa shape index (κ2) is 3.38. The van der Waals surface area contributed by atoms with Crippen LogP contribution in [0.2, 0.25) is 0 Å². The van der Waals surface area contributed by atoms with Crippen molar-refractivity contribution in [2.24, 2.45) is 5.73 Å². The molecule has 74 valence electrons. The molecule has 0 saturated carbocycles. The molecule has 1 heterocycles. The van der Waals surface area contributed by atoms with E-state index in [9.17, 15) is 4.79 Å². The van der Waals surface area contributed by atoms with Crippen LogP contribution < -0.4 is 11.4 Å². The third-order valence-corrected chi connectivity index (χ3v) is 2.34. The molecule has 0 spiro atoms. The van der Waals surface area contributed by atoms with E-state index in [1.54, 1.807) is 21.5 Å². The molecule has 2 N–H and O–H groups in total. The fourth-order valence-electron chi connectivity index (χ4n) is 1.21. The number of nitrogens with zero attached hydrogens (tertiary/aromatic N) is 2. The minimum absolute atomic E-state index is 0.0120. The average molecular weight is 183 g/mol. The van der Waals surface area contributed by atoms with Gasteiger partial charge in [-0.05, 0) is 20.8 Å². The van der Waals surface area contributed by atoms with E-state index in [2.05, 4.69) is 0 Å². The molecule has 0 atom stereocenters. The zero-order valence-electron chi connectivity index (χ0n) is 8.45. The first-order chi connectivity index (χ1) is 6.03. The summed E-state index contributed by atoms with van der Waals surface area (Å²) in [7, 11) is 0. The molecule has 0 unspecified atom stereocenters. The summed E-state index contributed by atoms with van der Waals surface area (Å²) in [6.45, 7) is 7.01. The lowest BCUT2D eigenvalue weighted by Gasteiger charge is -2.23. The Balaban J connectivity index is 3.17. The molecule has 4 heteroatoms. The molecule has 13 heavy (non-hydrogen) atoms. The van der Waals surface area contributed by atoms with Crippen LogP contribution in [0.3, 0.4) is 0 Å². The molecule has 0 aromatic carbocycles. The van der Waals surface area contributed by atoms with Gasteiger partial charge in [0.05, 0.1) is 5.54 Å². The van der Waals surface area contributed by atoms with Gasteiger partial charge < -0.3 is 5.73 Å². The van der Waals surface area contributed by atoms with Crippen LogP contribution in [0.5, 0.6) is 0 Å². The summed E-state index contributed by atoms with van der Waals surface area (Å²) < 4.78 is 3.34. The number of hydrogen-bond donors (Lipinski definition) is 1. The maximum absolute atomic E-state index is 11.7. The van der Waals surface area contributed by atoms with Crippen LogP contribution in [0.1, 0.15) is 20.8 Å². The molecular weight excluding hydrogens is 166 g/mol. The minimum Gasteiger partial charge on any atom is -0.328 e. The van der Waals surface area contributed by atoms with E-state index >= 15 is 0 Å². The van der Waals surface area contributed by atoms with Gasteiger partial charge in [0.25, 0.3) is 0 Å². The van der Waals surface area contributed by atoms with Crippen molar-refractivity contribution < 1.29 is 0 Å². The zero-order chi connectivity index (χ0) is 10.1. The summed E-state index contributed by atoms with van der Waals surface area (Å²) in [4.78, 5) is 11.7. The van der Waals surface area contributed by atoms with E-state index in [1.165, 1.54) is 0 Å². The SMILES string of the molecule is CCn1ccn(C(C)(C)CN)c1=O. The van der Waals surface area contributed by atoms with E-state index in [0.29, 0.717) is 13.1 Å². The standard InChI is InChI=1S/C9H17N3O/c1-4-11-5-6-12(8(11)13)9(2,3)7-10/h5-6H,4,7,10H2,1-3H3. The fraction of sp³-hybridized carbons (Fsp3) is 0.667. The number of aryl methyl sites for hydroxylation is 1. The molecule has 0 aliphatic carbocycles. The van der Waals surface area contributed by atoms with Crippen molar-refractivity contribution in [1.29, 1.82) is 0 Å². The van der Waals surface area contributed by atoms with Crippen LogP contribution in [-0.4, -0.2) is 15.7 Å². The van der Waals surface area contributed by atoms with Crippen molar-refractivity contribution in [3.63, 3.8) is 0 Å². The van der Waals surface area contributed by atoms with Crippen molar-refractivity contribution in [2.75, 3.05) is 6.54 Å². The maximum Gasteiger partial charge on any atom is 0.328 e. The molecule has 4 nitrogen and oxygen atoms in total. The molecular formula is C9H17N3O. The third kappa shape index (κ3) is 1.67. The monoisotopic (exact) mass is 183 g/mol. The molecule has 0 saturated heterocycles.